The van der Waals surface area contributed by atoms with E-state index in [9.17, 15) is 4.79 Å². The highest BCUT2D eigenvalue weighted by atomic mass is 16.1. The molecule has 0 bridgehead atoms. The molecule has 0 saturated carbocycles. The molecule has 0 aliphatic carbocycles. The van der Waals surface area contributed by atoms with E-state index in [1.165, 1.54) is 6.92 Å². The fourth-order valence-electron chi connectivity index (χ4n) is 1.82. The molecule has 0 heterocycles. The van der Waals surface area contributed by atoms with Gasteiger partial charge in [0.15, 0.2) is 0 Å². The van der Waals surface area contributed by atoms with Crippen LogP contribution in [0, 0.1) is 0 Å². The average molecular weight is 266 g/mol. The molecule has 0 aliphatic rings. The van der Waals surface area contributed by atoms with E-state index in [1.807, 2.05) is 66.7 Å². The van der Waals surface area contributed by atoms with Gasteiger partial charge in [0.25, 0.3) is 0 Å². The van der Waals surface area contributed by atoms with E-state index in [1.54, 1.807) is 0 Å². The minimum atomic E-state index is -0.0228. The van der Waals surface area contributed by atoms with Crippen molar-refractivity contribution >= 4 is 23.4 Å². The molecule has 2 rings (SSSR count). The Kier molecular flexibility index (Phi) is 4.95. The molecule has 0 aliphatic heterocycles. The van der Waals surface area contributed by atoms with Crippen molar-refractivity contribution in [3.63, 3.8) is 0 Å². The van der Waals surface area contributed by atoms with Crippen LogP contribution in [0.25, 0.3) is 6.08 Å². The Morgan fingerprint density at radius 2 is 1.75 bits per heavy atom. The zero-order chi connectivity index (χ0) is 14.2. The van der Waals surface area contributed by atoms with Gasteiger partial charge in [-0.05, 0) is 23.8 Å². The first kappa shape index (κ1) is 13.9. The molecular formula is C17H18N2O. The number of hydrogen-bond acceptors (Lipinski definition) is 2. The van der Waals surface area contributed by atoms with E-state index in [-0.39, 0.29) is 5.91 Å². The lowest BCUT2D eigenvalue weighted by molar-refractivity contribution is -0.118. The van der Waals surface area contributed by atoms with E-state index >= 15 is 0 Å². The number of hydrogen-bond donors (Lipinski definition) is 2. The largest absolute Gasteiger partial charge is 0.355 e. The van der Waals surface area contributed by atoms with E-state index in [2.05, 4.69) is 10.6 Å². The predicted octanol–water partition coefficient (Wildman–Crippen LogP) is 3.58. The fourth-order valence-corrected chi connectivity index (χ4v) is 1.82. The monoisotopic (exact) mass is 266 g/mol. The first-order chi connectivity index (χ1) is 9.75. The number of anilines is 2. The molecule has 0 atom stereocenters. The maximum Gasteiger partial charge on any atom is 0.217 e. The van der Waals surface area contributed by atoms with Gasteiger partial charge in [0.1, 0.15) is 0 Å². The van der Waals surface area contributed by atoms with E-state index < -0.39 is 0 Å². The van der Waals surface area contributed by atoms with Gasteiger partial charge in [-0.1, -0.05) is 48.6 Å². The van der Waals surface area contributed by atoms with Crippen LogP contribution in [-0.4, -0.2) is 12.5 Å². The van der Waals surface area contributed by atoms with Crippen molar-refractivity contribution in [3.8, 4) is 0 Å². The van der Waals surface area contributed by atoms with E-state index in [4.69, 9.17) is 0 Å². The molecule has 0 aromatic heterocycles. The molecule has 0 saturated heterocycles. The Morgan fingerprint density at radius 3 is 2.50 bits per heavy atom. The van der Waals surface area contributed by atoms with Crippen molar-refractivity contribution in [1.82, 2.24) is 5.32 Å². The minimum Gasteiger partial charge on any atom is -0.355 e. The lowest BCUT2D eigenvalue weighted by Crippen LogP contribution is -2.19. The molecule has 2 aromatic carbocycles. The van der Waals surface area contributed by atoms with Gasteiger partial charge in [-0.15, -0.1) is 0 Å². The Bertz CT molecular complexity index is 591. The van der Waals surface area contributed by atoms with Crippen molar-refractivity contribution in [2.24, 2.45) is 0 Å². The summed E-state index contributed by atoms with van der Waals surface area (Å²) in [6, 6.07) is 18.1. The van der Waals surface area contributed by atoms with Gasteiger partial charge in [-0.25, -0.2) is 0 Å². The van der Waals surface area contributed by atoms with Crippen molar-refractivity contribution in [2.75, 3.05) is 11.9 Å². The van der Waals surface area contributed by atoms with Crippen LogP contribution in [0.2, 0.25) is 0 Å². The highest BCUT2D eigenvalue weighted by Crippen LogP contribution is 2.21. The zero-order valence-corrected chi connectivity index (χ0v) is 11.5. The summed E-state index contributed by atoms with van der Waals surface area (Å²) in [5.74, 6) is -0.0228. The number of benzene rings is 2. The quantitative estimate of drug-likeness (QED) is 0.868. The van der Waals surface area contributed by atoms with Crippen LogP contribution in [-0.2, 0) is 4.79 Å². The number of carbonyl (C=O) groups excluding carboxylic acids is 1. The topological polar surface area (TPSA) is 41.1 Å². The first-order valence-electron chi connectivity index (χ1n) is 6.58. The van der Waals surface area contributed by atoms with Crippen LogP contribution in [0.3, 0.4) is 0 Å². The van der Waals surface area contributed by atoms with Gasteiger partial charge < -0.3 is 10.6 Å². The molecular weight excluding hydrogens is 248 g/mol. The van der Waals surface area contributed by atoms with E-state index in [0.717, 1.165) is 16.9 Å². The Balaban J connectivity index is 2.08. The molecule has 1 amide bonds. The summed E-state index contributed by atoms with van der Waals surface area (Å²) in [5.41, 5.74) is 3.18. The summed E-state index contributed by atoms with van der Waals surface area (Å²) < 4.78 is 0. The second kappa shape index (κ2) is 7.14. The number of para-hydroxylation sites is 2. The van der Waals surface area contributed by atoms with Crippen LogP contribution in [0.15, 0.2) is 60.7 Å². The van der Waals surface area contributed by atoms with Gasteiger partial charge in [0.2, 0.25) is 5.91 Å². The molecule has 0 spiro atoms. The molecule has 20 heavy (non-hydrogen) atoms. The van der Waals surface area contributed by atoms with Gasteiger partial charge in [0, 0.05) is 24.8 Å². The maximum atomic E-state index is 10.8. The smallest absolute Gasteiger partial charge is 0.217 e. The molecule has 2 N–H and O–H groups in total. The SMILES string of the molecule is CC(=O)NCC=Cc1ccccc1Nc1ccccc1. The van der Waals surface area contributed by atoms with Crippen LogP contribution < -0.4 is 10.6 Å². The fraction of sp³-hybridized carbons (Fsp3) is 0.118. The minimum absolute atomic E-state index is 0.0228. The summed E-state index contributed by atoms with van der Waals surface area (Å²) in [6.07, 6.45) is 3.94. The Labute approximate surface area is 119 Å². The molecule has 102 valence electrons. The third-order valence-electron chi connectivity index (χ3n) is 2.78. The lowest BCUT2D eigenvalue weighted by atomic mass is 10.1. The molecule has 3 heteroatoms. The number of amides is 1. The third-order valence-corrected chi connectivity index (χ3v) is 2.78. The second-order valence-electron chi connectivity index (χ2n) is 4.42. The number of rotatable bonds is 5. The van der Waals surface area contributed by atoms with Crippen LogP contribution in [0.1, 0.15) is 12.5 Å². The molecule has 2 aromatic rings. The van der Waals surface area contributed by atoms with Crippen molar-refractivity contribution in [3.05, 3.63) is 66.2 Å². The Hall–Kier alpha value is -2.55. The van der Waals surface area contributed by atoms with Gasteiger partial charge in [-0.3, -0.25) is 4.79 Å². The summed E-state index contributed by atoms with van der Waals surface area (Å²) >= 11 is 0. The molecule has 0 unspecified atom stereocenters. The third kappa shape index (κ3) is 4.28. The van der Waals surface area contributed by atoms with Crippen molar-refractivity contribution in [2.45, 2.75) is 6.92 Å². The molecule has 0 radical (unpaired) electrons. The van der Waals surface area contributed by atoms with Gasteiger partial charge in [-0.2, -0.15) is 0 Å². The second-order valence-corrected chi connectivity index (χ2v) is 4.42. The zero-order valence-electron chi connectivity index (χ0n) is 11.5. The highest BCUT2D eigenvalue weighted by molar-refractivity contribution is 5.74. The molecule has 0 fully saturated rings. The van der Waals surface area contributed by atoms with Gasteiger partial charge >= 0.3 is 0 Å². The van der Waals surface area contributed by atoms with Crippen LogP contribution in [0.4, 0.5) is 11.4 Å². The summed E-state index contributed by atoms with van der Waals surface area (Å²) in [5, 5.41) is 6.12. The first-order valence-corrected chi connectivity index (χ1v) is 6.58. The molecule has 3 nitrogen and oxygen atoms in total. The summed E-state index contributed by atoms with van der Waals surface area (Å²) in [7, 11) is 0. The summed E-state index contributed by atoms with van der Waals surface area (Å²) in [6.45, 7) is 2.05. The van der Waals surface area contributed by atoms with Gasteiger partial charge in [0.05, 0.1) is 0 Å². The predicted molar refractivity (Wildman–Crippen MR) is 83.9 cm³/mol. The standard InChI is InChI=1S/C17H18N2O/c1-14(20)18-13-7-9-15-8-5-6-12-17(15)19-16-10-3-2-4-11-16/h2-12,19H,13H2,1H3,(H,18,20). The van der Waals surface area contributed by atoms with Crippen LogP contribution >= 0.6 is 0 Å². The van der Waals surface area contributed by atoms with Crippen molar-refractivity contribution in [1.29, 1.82) is 0 Å². The number of nitrogens with one attached hydrogen (secondary N) is 2. The average Bonchev–Trinajstić information content (AvgIpc) is 2.46. The van der Waals surface area contributed by atoms with E-state index in [0.29, 0.717) is 6.54 Å². The summed E-state index contributed by atoms with van der Waals surface area (Å²) in [4.78, 5) is 10.8. The Morgan fingerprint density at radius 1 is 1.05 bits per heavy atom. The normalized spacial score (nSPS) is 10.4. The lowest BCUT2D eigenvalue weighted by Gasteiger charge is -2.09. The number of carbonyl (C=O) groups is 1. The van der Waals surface area contributed by atoms with Crippen LogP contribution in [0.5, 0.6) is 0 Å². The highest BCUT2D eigenvalue weighted by Gasteiger charge is 1.98. The van der Waals surface area contributed by atoms with Crippen molar-refractivity contribution < 1.29 is 4.79 Å². The maximum absolute atomic E-state index is 10.8.